The SMILES string of the molecule is CC(=O)Nc1cc(C(=O)Nc2cc(CCC(F)(F)F)ccc2F)cc(C)n1. The van der Waals surface area contributed by atoms with Crippen LogP contribution in [0.15, 0.2) is 30.3 Å². The average molecular weight is 383 g/mol. The number of pyridine rings is 1. The molecular formula is C18H17F4N3O2. The zero-order chi connectivity index (χ0) is 20.2. The van der Waals surface area contributed by atoms with E-state index in [9.17, 15) is 27.2 Å². The second-order valence-corrected chi connectivity index (χ2v) is 5.95. The van der Waals surface area contributed by atoms with Crippen LogP contribution in [-0.4, -0.2) is 23.0 Å². The molecule has 0 spiro atoms. The summed E-state index contributed by atoms with van der Waals surface area (Å²) in [6.45, 7) is 2.89. The van der Waals surface area contributed by atoms with Crippen molar-refractivity contribution in [2.24, 2.45) is 0 Å². The molecule has 2 aromatic rings. The van der Waals surface area contributed by atoms with Crippen molar-refractivity contribution >= 4 is 23.3 Å². The Morgan fingerprint density at radius 1 is 1.11 bits per heavy atom. The number of hydrogen-bond acceptors (Lipinski definition) is 3. The summed E-state index contributed by atoms with van der Waals surface area (Å²) in [5.74, 6) is -1.67. The van der Waals surface area contributed by atoms with Crippen LogP contribution in [0.1, 0.15) is 35.0 Å². The molecule has 0 radical (unpaired) electrons. The Balaban J connectivity index is 2.20. The smallest absolute Gasteiger partial charge is 0.319 e. The zero-order valence-electron chi connectivity index (χ0n) is 14.6. The summed E-state index contributed by atoms with van der Waals surface area (Å²) in [5, 5.41) is 4.78. The molecule has 2 rings (SSSR count). The third kappa shape index (κ3) is 6.36. The Labute approximate surface area is 152 Å². The summed E-state index contributed by atoms with van der Waals surface area (Å²) in [5.41, 5.74) is 0.584. The van der Waals surface area contributed by atoms with E-state index in [0.717, 1.165) is 6.07 Å². The number of alkyl halides is 3. The fourth-order valence-electron chi connectivity index (χ4n) is 2.35. The number of carbonyl (C=O) groups is 2. The Morgan fingerprint density at radius 2 is 1.81 bits per heavy atom. The number of aryl methyl sites for hydroxylation is 2. The van der Waals surface area contributed by atoms with Gasteiger partial charge in [0.05, 0.1) is 5.69 Å². The van der Waals surface area contributed by atoms with Gasteiger partial charge in [-0.3, -0.25) is 9.59 Å². The summed E-state index contributed by atoms with van der Waals surface area (Å²) in [6, 6.07) is 6.16. The van der Waals surface area contributed by atoms with Crippen LogP contribution in [-0.2, 0) is 11.2 Å². The van der Waals surface area contributed by atoms with E-state index < -0.39 is 24.3 Å². The molecule has 1 aromatic heterocycles. The monoisotopic (exact) mass is 383 g/mol. The number of rotatable bonds is 5. The van der Waals surface area contributed by atoms with Gasteiger partial charge in [-0.2, -0.15) is 13.2 Å². The number of anilines is 2. The van der Waals surface area contributed by atoms with E-state index >= 15 is 0 Å². The van der Waals surface area contributed by atoms with Crippen molar-refractivity contribution in [1.82, 2.24) is 4.98 Å². The lowest BCUT2D eigenvalue weighted by Gasteiger charge is -2.11. The summed E-state index contributed by atoms with van der Waals surface area (Å²) in [7, 11) is 0. The minimum absolute atomic E-state index is 0.117. The number of aromatic nitrogens is 1. The van der Waals surface area contributed by atoms with Crippen molar-refractivity contribution in [1.29, 1.82) is 0 Å². The van der Waals surface area contributed by atoms with Crippen LogP contribution < -0.4 is 10.6 Å². The minimum Gasteiger partial charge on any atom is -0.319 e. The number of benzene rings is 1. The molecule has 0 saturated heterocycles. The lowest BCUT2D eigenvalue weighted by Crippen LogP contribution is -2.16. The molecule has 0 fully saturated rings. The van der Waals surface area contributed by atoms with Crippen molar-refractivity contribution in [3.63, 3.8) is 0 Å². The Morgan fingerprint density at radius 3 is 2.44 bits per heavy atom. The largest absolute Gasteiger partial charge is 0.389 e. The van der Waals surface area contributed by atoms with Gasteiger partial charge in [0, 0.05) is 24.6 Å². The first-order chi connectivity index (χ1) is 12.5. The van der Waals surface area contributed by atoms with Gasteiger partial charge in [0.25, 0.3) is 5.91 Å². The quantitative estimate of drug-likeness (QED) is 0.759. The van der Waals surface area contributed by atoms with Crippen molar-refractivity contribution in [2.45, 2.75) is 32.9 Å². The topological polar surface area (TPSA) is 71.1 Å². The highest BCUT2D eigenvalue weighted by Gasteiger charge is 2.26. The van der Waals surface area contributed by atoms with E-state index in [2.05, 4.69) is 15.6 Å². The van der Waals surface area contributed by atoms with Gasteiger partial charge < -0.3 is 10.6 Å². The van der Waals surface area contributed by atoms with Crippen molar-refractivity contribution in [3.8, 4) is 0 Å². The number of nitrogens with one attached hydrogen (secondary N) is 2. The van der Waals surface area contributed by atoms with Crippen molar-refractivity contribution in [3.05, 3.63) is 53.0 Å². The Kier molecular flexibility index (Phi) is 6.14. The predicted octanol–water partition coefficient (Wildman–Crippen LogP) is 4.23. The van der Waals surface area contributed by atoms with Gasteiger partial charge in [-0.25, -0.2) is 9.37 Å². The molecule has 0 saturated carbocycles. The maximum absolute atomic E-state index is 13.9. The molecule has 144 valence electrons. The fourth-order valence-corrected chi connectivity index (χ4v) is 2.35. The van der Waals surface area contributed by atoms with Crippen LogP contribution in [0.3, 0.4) is 0 Å². The first-order valence-electron chi connectivity index (χ1n) is 7.96. The van der Waals surface area contributed by atoms with E-state index in [1.165, 1.54) is 31.2 Å². The number of nitrogens with zero attached hydrogens (tertiary/aromatic N) is 1. The highest BCUT2D eigenvalue weighted by molar-refractivity contribution is 6.05. The molecule has 2 N–H and O–H groups in total. The van der Waals surface area contributed by atoms with E-state index in [-0.39, 0.29) is 35.0 Å². The molecule has 1 heterocycles. The van der Waals surface area contributed by atoms with Crippen LogP contribution in [0.2, 0.25) is 0 Å². The highest BCUT2D eigenvalue weighted by Crippen LogP contribution is 2.24. The minimum atomic E-state index is -4.33. The van der Waals surface area contributed by atoms with Gasteiger partial charge in [-0.05, 0) is 43.2 Å². The first kappa shape index (κ1) is 20.3. The Bertz CT molecular complexity index is 866. The molecule has 1 aromatic carbocycles. The van der Waals surface area contributed by atoms with Gasteiger partial charge >= 0.3 is 6.18 Å². The molecular weight excluding hydrogens is 366 g/mol. The van der Waals surface area contributed by atoms with E-state index in [0.29, 0.717) is 5.69 Å². The molecule has 0 bridgehead atoms. The number of amides is 2. The fraction of sp³-hybridized carbons (Fsp3) is 0.278. The number of carbonyl (C=O) groups excluding carboxylic acids is 2. The van der Waals surface area contributed by atoms with Gasteiger partial charge in [0.2, 0.25) is 5.91 Å². The van der Waals surface area contributed by atoms with Crippen molar-refractivity contribution < 1.29 is 27.2 Å². The molecule has 5 nitrogen and oxygen atoms in total. The summed E-state index contributed by atoms with van der Waals surface area (Å²) in [4.78, 5) is 27.6. The first-order valence-corrected chi connectivity index (χ1v) is 7.96. The summed E-state index contributed by atoms with van der Waals surface area (Å²) < 4.78 is 51.0. The highest BCUT2D eigenvalue weighted by atomic mass is 19.4. The van der Waals surface area contributed by atoms with E-state index in [1.807, 2.05) is 0 Å². The van der Waals surface area contributed by atoms with Gasteiger partial charge in [0.15, 0.2) is 0 Å². The predicted molar refractivity (Wildman–Crippen MR) is 92.0 cm³/mol. The molecule has 9 heteroatoms. The molecule has 0 atom stereocenters. The van der Waals surface area contributed by atoms with Crippen LogP contribution in [0, 0.1) is 12.7 Å². The maximum Gasteiger partial charge on any atom is 0.389 e. The summed E-state index contributed by atoms with van der Waals surface area (Å²) >= 11 is 0. The number of hydrogen-bond donors (Lipinski definition) is 2. The normalized spacial score (nSPS) is 11.2. The summed E-state index contributed by atoms with van der Waals surface area (Å²) in [6.07, 6.45) is -5.70. The lowest BCUT2D eigenvalue weighted by molar-refractivity contribution is -0.134. The molecule has 2 amide bonds. The zero-order valence-corrected chi connectivity index (χ0v) is 14.6. The van der Waals surface area contributed by atoms with Gasteiger partial charge in [-0.1, -0.05) is 6.07 Å². The lowest BCUT2D eigenvalue weighted by atomic mass is 10.1. The molecule has 0 aliphatic heterocycles. The third-order valence-corrected chi connectivity index (χ3v) is 3.50. The average Bonchev–Trinajstić information content (AvgIpc) is 2.53. The van der Waals surface area contributed by atoms with Gasteiger partial charge in [-0.15, -0.1) is 0 Å². The number of halogens is 4. The molecule has 0 aliphatic carbocycles. The van der Waals surface area contributed by atoms with Crippen LogP contribution >= 0.6 is 0 Å². The second-order valence-electron chi connectivity index (χ2n) is 5.95. The van der Waals surface area contributed by atoms with Crippen LogP contribution in [0.4, 0.5) is 29.1 Å². The van der Waals surface area contributed by atoms with Crippen LogP contribution in [0.25, 0.3) is 0 Å². The standard InChI is InChI=1S/C18H17F4N3O2/c1-10-7-13(9-16(23-10)24-11(2)26)17(27)25-15-8-12(3-4-14(15)19)5-6-18(20,21)22/h3-4,7-9H,5-6H2,1-2H3,(H,25,27)(H,23,24,26). The van der Waals surface area contributed by atoms with E-state index in [1.54, 1.807) is 6.92 Å². The van der Waals surface area contributed by atoms with E-state index in [4.69, 9.17) is 0 Å². The maximum atomic E-state index is 13.9. The molecule has 0 aliphatic rings. The second kappa shape index (κ2) is 8.15. The third-order valence-electron chi connectivity index (χ3n) is 3.50. The van der Waals surface area contributed by atoms with Crippen LogP contribution in [0.5, 0.6) is 0 Å². The molecule has 27 heavy (non-hydrogen) atoms. The van der Waals surface area contributed by atoms with Crippen molar-refractivity contribution in [2.75, 3.05) is 10.6 Å². The molecule has 0 unspecified atom stereocenters. The Hall–Kier alpha value is -2.97. The van der Waals surface area contributed by atoms with Gasteiger partial charge in [0.1, 0.15) is 11.6 Å².